The lowest BCUT2D eigenvalue weighted by Crippen LogP contribution is -2.60. The molecule has 260 valence electrons. The molecule has 2 amide bonds. The Morgan fingerprint density at radius 1 is 0.776 bits per heavy atom. The van der Waals surface area contributed by atoms with Gasteiger partial charge in [-0.3, -0.25) is 9.80 Å². The molecule has 4 aliphatic carbocycles. The molecule has 0 spiro atoms. The lowest BCUT2D eigenvalue weighted by atomic mass is 9.53. The van der Waals surface area contributed by atoms with Crippen molar-refractivity contribution < 1.29 is 19.4 Å². The summed E-state index contributed by atoms with van der Waals surface area (Å²) in [5.41, 5.74) is 5.03. The van der Waals surface area contributed by atoms with Crippen LogP contribution in [0.2, 0.25) is 0 Å². The summed E-state index contributed by atoms with van der Waals surface area (Å²) in [7, 11) is 0. The van der Waals surface area contributed by atoms with E-state index in [2.05, 4.69) is 69.8 Å². The molecule has 4 saturated carbocycles. The maximum Gasteiger partial charge on any atom is 0.319 e. The van der Waals surface area contributed by atoms with Gasteiger partial charge in [0, 0.05) is 62.0 Å². The fourth-order valence-electron chi connectivity index (χ4n) is 9.94. The van der Waals surface area contributed by atoms with Gasteiger partial charge in [-0.15, -0.1) is 0 Å². The molecule has 0 radical (unpaired) electrons. The first-order valence-electron chi connectivity index (χ1n) is 18.6. The summed E-state index contributed by atoms with van der Waals surface area (Å²) < 4.78 is 13.5. The van der Waals surface area contributed by atoms with Crippen molar-refractivity contribution in [3.8, 4) is 0 Å². The van der Waals surface area contributed by atoms with Gasteiger partial charge in [0.25, 0.3) is 0 Å². The highest BCUT2D eigenvalue weighted by Gasteiger charge is 2.51. The fraction of sp³-hybridized carbons (Fsp3) is 0.537. The molecule has 2 aliphatic heterocycles. The molecule has 8 nitrogen and oxygen atoms in total. The number of ether oxygens (including phenoxy) is 2. The topological polar surface area (TPSA) is 86.3 Å². The van der Waals surface area contributed by atoms with Crippen LogP contribution in [-0.2, 0) is 22.6 Å². The average Bonchev–Trinajstić information content (AvgIpc) is 3.10. The Labute approximate surface area is 291 Å². The Bertz CT molecular complexity index is 1520. The number of nitrogens with zero attached hydrogens (tertiary/aromatic N) is 2. The van der Waals surface area contributed by atoms with E-state index in [1.165, 1.54) is 24.8 Å². The van der Waals surface area contributed by atoms with Crippen LogP contribution >= 0.6 is 0 Å². The second kappa shape index (κ2) is 14.2. The molecule has 6 fully saturated rings. The number of anilines is 1. The number of rotatable bonds is 9. The number of hydrogen-bond acceptors (Lipinski definition) is 6. The second-order valence-corrected chi connectivity index (χ2v) is 15.8. The molecule has 3 aromatic carbocycles. The van der Waals surface area contributed by atoms with Gasteiger partial charge in [-0.25, -0.2) is 4.79 Å². The summed E-state index contributed by atoms with van der Waals surface area (Å²) in [4.78, 5) is 18.3. The highest BCUT2D eigenvalue weighted by Crippen LogP contribution is 2.55. The summed E-state index contributed by atoms with van der Waals surface area (Å²) in [6.45, 7) is 8.16. The monoisotopic (exact) mass is 664 g/mol. The van der Waals surface area contributed by atoms with Gasteiger partial charge in [-0.05, 0) is 85.1 Å². The van der Waals surface area contributed by atoms with Gasteiger partial charge in [-0.2, -0.15) is 0 Å². The van der Waals surface area contributed by atoms with Crippen molar-refractivity contribution in [2.45, 2.75) is 82.6 Å². The third-order valence-corrected chi connectivity index (χ3v) is 12.1. The van der Waals surface area contributed by atoms with Crippen molar-refractivity contribution in [3.05, 3.63) is 101 Å². The summed E-state index contributed by atoms with van der Waals surface area (Å²) in [6, 6.07) is 26.7. The normalized spacial score (nSPS) is 33.0. The fourth-order valence-corrected chi connectivity index (χ4v) is 9.94. The summed E-state index contributed by atoms with van der Waals surface area (Å²) in [5, 5.41) is 16.2. The van der Waals surface area contributed by atoms with Gasteiger partial charge >= 0.3 is 6.03 Å². The van der Waals surface area contributed by atoms with Crippen LogP contribution in [0.5, 0.6) is 0 Å². The van der Waals surface area contributed by atoms with E-state index in [-0.39, 0.29) is 36.3 Å². The van der Waals surface area contributed by atoms with Gasteiger partial charge in [0.15, 0.2) is 6.29 Å². The maximum atomic E-state index is 13.2. The summed E-state index contributed by atoms with van der Waals surface area (Å²) in [6.07, 6.45) is 6.76. The Morgan fingerprint density at radius 3 is 2.02 bits per heavy atom. The van der Waals surface area contributed by atoms with Crippen molar-refractivity contribution >= 4 is 11.7 Å². The highest BCUT2D eigenvalue weighted by molar-refractivity contribution is 5.89. The molecule has 0 aromatic heterocycles. The van der Waals surface area contributed by atoms with Crippen molar-refractivity contribution in [1.82, 2.24) is 15.1 Å². The summed E-state index contributed by atoms with van der Waals surface area (Å²) >= 11 is 0. The van der Waals surface area contributed by atoms with Crippen LogP contribution in [0.3, 0.4) is 0 Å². The molecule has 4 bridgehead atoms. The molecule has 4 atom stereocenters. The minimum atomic E-state index is -0.530. The predicted molar refractivity (Wildman–Crippen MR) is 191 cm³/mol. The van der Waals surface area contributed by atoms with Crippen LogP contribution in [0.1, 0.15) is 80.1 Å². The Morgan fingerprint density at radius 2 is 1.39 bits per heavy atom. The van der Waals surface area contributed by atoms with Crippen molar-refractivity contribution in [2.24, 2.45) is 23.7 Å². The predicted octanol–water partition coefficient (Wildman–Crippen LogP) is 6.88. The quantitative estimate of drug-likeness (QED) is 0.231. The Balaban J connectivity index is 0.925. The van der Waals surface area contributed by atoms with E-state index in [0.717, 1.165) is 98.7 Å². The van der Waals surface area contributed by atoms with E-state index < -0.39 is 6.29 Å². The van der Waals surface area contributed by atoms with Gasteiger partial charge in [0.05, 0.1) is 18.8 Å². The van der Waals surface area contributed by atoms with E-state index in [1.807, 2.05) is 36.4 Å². The largest absolute Gasteiger partial charge is 0.392 e. The maximum absolute atomic E-state index is 13.2. The molecular weight excluding hydrogens is 612 g/mol. The van der Waals surface area contributed by atoms with E-state index in [9.17, 15) is 9.90 Å². The van der Waals surface area contributed by atoms with E-state index in [0.29, 0.717) is 0 Å². The number of amides is 2. The van der Waals surface area contributed by atoms with Crippen LogP contribution in [-0.4, -0.2) is 65.3 Å². The van der Waals surface area contributed by atoms with Crippen LogP contribution < -0.4 is 10.6 Å². The van der Waals surface area contributed by atoms with Gasteiger partial charge in [0.1, 0.15) is 0 Å². The zero-order valence-corrected chi connectivity index (χ0v) is 28.8. The van der Waals surface area contributed by atoms with Gasteiger partial charge in [0.2, 0.25) is 0 Å². The number of benzene rings is 3. The molecule has 8 heteroatoms. The number of carbonyl (C=O) groups is 1. The lowest BCUT2D eigenvalue weighted by Gasteiger charge is -2.56. The number of urea groups is 1. The second-order valence-electron chi connectivity index (χ2n) is 15.8. The number of hydrogen-bond donors (Lipinski definition) is 3. The molecule has 9 rings (SSSR count). The van der Waals surface area contributed by atoms with Crippen LogP contribution in [0.15, 0.2) is 78.9 Å². The molecule has 3 N–H and O–H groups in total. The zero-order valence-electron chi connectivity index (χ0n) is 28.8. The smallest absolute Gasteiger partial charge is 0.319 e. The Kier molecular flexibility index (Phi) is 9.51. The molecule has 3 aromatic rings. The van der Waals surface area contributed by atoms with E-state index >= 15 is 0 Å². The molecule has 6 aliphatic rings. The minimum Gasteiger partial charge on any atom is -0.392 e. The number of nitrogens with one attached hydrogen (secondary N) is 2. The average molecular weight is 665 g/mol. The number of piperazine rings is 1. The first-order valence-corrected chi connectivity index (χ1v) is 18.6. The Hall–Kier alpha value is -3.27. The van der Waals surface area contributed by atoms with Crippen molar-refractivity contribution in [1.29, 1.82) is 0 Å². The highest BCUT2D eigenvalue weighted by atomic mass is 16.7. The molecule has 49 heavy (non-hydrogen) atoms. The third-order valence-electron chi connectivity index (χ3n) is 12.1. The van der Waals surface area contributed by atoms with Crippen molar-refractivity contribution in [3.63, 3.8) is 0 Å². The SMILES string of the molecule is CC1C(CN2CCN(Cc3ccccc3)CC2)OC(c2ccc(NC(=O)NC34CC5CC(CC(C5)C3)C4)cc2)OC1c1ccc(CO)cc1. The van der Waals surface area contributed by atoms with Crippen molar-refractivity contribution in [2.75, 3.05) is 38.0 Å². The van der Waals surface area contributed by atoms with Gasteiger partial charge in [-0.1, -0.05) is 73.7 Å². The first-order chi connectivity index (χ1) is 23.9. The molecule has 2 saturated heterocycles. The number of aliphatic hydroxyl groups is 1. The standard InChI is InChI=1S/C41H52N4O4/c1-28-37(26-45-17-15-44(16-18-45)25-29-5-3-2-4-6-29)48-39(49-38(28)34-9-7-30(27-46)8-10-34)35-11-13-36(14-12-35)42-40(47)43-41-22-31-19-32(23-41)21-33(20-31)24-41/h2-14,28,31-33,37-39,46H,15-27H2,1H3,(H2,42,43,47). The molecule has 2 heterocycles. The van der Waals surface area contributed by atoms with Gasteiger partial charge < -0.3 is 25.2 Å². The lowest BCUT2D eigenvalue weighted by molar-refractivity contribution is -0.276. The molecular formula is C41H52N4O4. The zero-order chi connectivity index (χ0) is 33.4. The van der Waals surface area contributed by atoms with Crippen LogP contribution in [0, 0.1) is 23.7 Å². The third kappa shape index (κ3) is 7.45. The minimum absolute atomic E-state index is 0.0206. The van der Waals surface area contributed by atoms with E-state index in [1.54, 1.807) is 0 Å². The van der Waals surface area contributed by atoms with Crippen LogP contribution in [0.25, 0.3) is 0 Å². The van der Waals surface area contributed by atoms with E-state index in [4.69, 9.17) is 9.47 Å². The van der Waals surface area contributed by atoms with Crippen LogP contribution in [0.4, 0.5) is 10.5 Å². The summed E-state index contributed by atoms with van der Waals surface area (Å²) in [5.74, 6) is 2.49. The number of carbonyl (C=O) groups excluding carboxylic acids is 1. The first kappa shape index (κ1) is 32.9. The number of aliphatic hydroxyl groups excluding tert-OH is 1. The molecule has 4 unspecified atom stereocenters.